The number of hydrogen-bond donors (Lipinski definition) is 2. The van der Waals surface area contributed by atoms with Crippen LogP contribution in [0, 0.1) is 0 Å². The molecule has 3 aromatic rings. The van der Waals surface area contributed by atoms with Gasteiger partial charge in [-0.15, -0.1) is 0 Å². The van der Waals surface area contributed by atoms with E-state index in [1.807, 2.05) is 73.7 Å². The first-order chi connectivity index (χ1) is 15.5. The van der Waals surface area contributed by atoms with Crippen LogP contribution in [0.25, 0.3) is 11.1 Å². The van der Waals surface area contributed by atoms with Crippen molar-refractivity contribution in [1.82, 2.24) is 0 Å². The van der Waals surface area contributed by atoms with E-state index in [2.05, 4.69) is 22.3 Å². The molecule has 1 aliphatic heterocycles. The summed E-state index contributed by atoms with van der Waals surface area (Å²) in [6.45, 7) is 7.14. The number of hydrogen-bond acceptors (Lipinski definition) is 3. The quantitative estimate of drug-likeness (QED) is 0.593. The van der Waals surface area contributed by atoms with Gasteiger partial charge in [0, 0.05) is 22.5 Å². The SMILES string of the molecule is CC(=O)c1ccc(N2CC[NH+]([C@@H](C)C(=O)Nc3ccccc3-c3ccccc3)CC2)cc1. The first kappa shape index (κ1) is 21.8. The zero-order valence-electron chi connectivity index (χ0n) is 18.7. The number of carbonyl (C=O) groups excluding carboxylic acids is 2. The molecular weight excluding hydrogens is 398 g/mol. The van der Waals surface area contributed by atoms with Gasteiger partial charge in [-0.3, -0.25) is 9.59 Å². The summed E-state index contributed by atoms with van der Waals surface area (Å²) in [6, 6.07) is 25.7. The molecule has 0 aliphatic carbocycles. The zero-order valence-corrected chi connectivity index (χ0v) is 18.7. The number of carbonyl (C=O) groups is 2. The van der Waals surface area contributed by atoms with Gasteiger partial charge in [-0.2, -0.15) is 0 Å². The monoisotopic (exact) mass is 428 g/mol. The summed E-state index contributed by atoms with van der Waals surface area (Å²) in [5.74, 6) is 0.127. The number of anilines is 2. The normalized spacial score (nSPS) is 15.2. The highest BCUT2D eigenvalue weighted by Crippen LogP contribution is 2.27. The summed E-state index contributed by atoms with van der Waals surface area (Å²) in [7, 11) is 0. The van der Waals surface area contributed by atoms with Crippen molar-refractivity contribution in [2.24, 2.45) is 0 Å². The molecular formula is C27H30N3O2+. The van der Waals surface area contributed by atoms with E-state index in [1.54, 1.807) is 6.92 Å². The minimum atomic E-state index is -0.138. The Morgan fingerprint density at radius 3 is 2.16 bits per heavy atom. The second-order valence-electron chi connectivity index (χ2n) is 8.37. The van der Waals surface area contributed by atoms with Crippen molar-refractivity contribution in [2.45, 2.75) is 19.9 Å². The maximum atomic E-state index is 13.1. The van der Waals surface area contributed by atoms with Crippen LogP contribution in [0.4, 0.5) is 11.4 Å². The summed E-state index contributed by atoms with van der Waals surface area (Å²) in [4.78, 5) is 28.2. The number of amides is 1. The molecule has 1 atom stereocenters. The Morgan fingerprint density at radius 2 is 1.50 bits per heavy atom. The van der Waals surface area contributed by atoms with Crippen molar-refractivity contribution in [3.05, 3.63) is 84.4 Å². The highest BCUT2D eigenvalue weighted by Gasteiger charge is 2.29. The molecule has 32 heavy (non-hydrogen) atoms. The van der Waals surface area contributed by atoms with Gasteiger partial charge in [-0.05, 0) is 49.7 Å². The van der Waals surface area contributed by atoms with Crippen LogP contribution in [0.5, 0.6) is 0 Å². The molecule has 5 nitrogen and oxygen atoms in total. The van der Waals surface area contributed by atoms with Gasteiger partial charge in [0.15, 0.2) is 11.8 Å². The number of ketones is 1. The molecule has 0 radical (unpaired) electrons. The highest BCUT2D eigenvalue weighted by atomic mass is 16.2. The molecule has 0 spiro atoms. The van der Waals surface area contributed by atoms with Crippen LogP contribution in [0.3, 0.4) is 0 Å². The molecule has 1 aliphatic rings. The maximum absolute atomic E-state index is 13.1. The van der Waals surface area contributed by atoms with Crippen molar-refractivity contribution in [2.75, 3.05) is 36.4 Å². The van der Waals surface area contributed by atoms with Gasteiger partial charge in [0.05, 0.1) is 26.2 Å². The van der Waals surface area contributed by atoms with Crippen molar-refractivity contribution < 1.29 is 14.5 Å². The Balaban J connectivity index is 1.37. The predicted molar refractivity (Wildman–Crippen MR) is 129 cm³/mol. The number of Topliss-reactive ketones (excluding diaryl/α,β-unsaturated/α-hetero) is 1. The Kier molecular flexibility index (Phi) is 6.66. The van der Waals surface area contributed by atoms with Gasteiger partial charge in [0.1, 0.15) is 0 Å². The lowest BCUT2D eigenvalue weighted by atomic mass is 10.0. The molecule has 0 unspecified atom stereocenters. The van der Waals surface area contributed by atoms with E-state index in [1.165, 1.54) is 4.90 Å². The van der Waals surface area contributed by atoms with Crippen LogP contribution < -0.4 is 15.1 Å². The zero-order chi connectivity index (χ0) is 22.5. The molecule has 1 fully saturated rings. The van der Waals surface area contributed by atoms with Crippen LogP contribution in [0.1, 0.15) is 24.2 Å². The summed E-state index contributed by atoms with van der Waals surface area (Å²) in [5, 5.41) is 3.16. The first-order valence-corrected chi connectivity index (χ1v) is 11.2. The number of benzene rings is 3. The molecule has 1 saturated heterocycles. The van der Waals surface area contributed by atoms with E-state index >= 15 is 0 Å². The molecule has 0 bridgehead atoms. The minimum absolute atomic E-state index is 0.0441. The molecule has 1 heterocycles. The standard InChI is InChI=1S/C27H29N3O2/c1-20(27(32)28-26-11-7-6-10-25(26)23-8-4-3-5-9-23)29-16-18-30(19-17-29)24-14-12-22(13-15-24)21(2)31/h3-15,20H,16-19H2,1-2H3,(H,28,32)/p+1/t20-/m0/s1. The van der Waals surface area contributed by atoms with Crippen LogP contribution in [0.15, 0.2) is 78.9 Å². The van der Waals surface area contributed by atoms with Gasteiger partial charge >= 0.3 is 0 Å². The summed E-state index contributed by atoms with van der Waals surface area (Å²) >= 11 is 0. The van der Waals surface area contributed by atoms with Crippen LogP contribution >= 0.6 is 0 Å². The third-order valence-electron chi connectivity index (χ3n) is 6.32. The number of para-hydroxylation sites is 1. The summed E-state index contributed by atoms with van der Waals surface area (Å²) in [6.07, 6.45) is 0. The third kappa shape index (κ3) is 4.89. The Bertz CT molecular complexity index is 1070. The lowest BCUT2D eigenvalue weighted by Crippen LogP contribution is -3.19. The predicted octanol–water partition coefficient (Wildman–Crippen LogP) is 3.29. The Labute approximate surface area is 189 Å². The van der Waals surface area contributed by atoms with Gasteiger partial charge in [-0.1, -0.05) is 48.5 Å². The molecule has 164 valence electrons. The van der Waals surface area contributed by atoms with Crippen LogP contribution in [-0.2, 0) is 4.79 Å². The summed E-state index contributed by atoms with van der Waals surface area (Å²) in [5.41, 5.74) is 4.83. The number of nitrogens with one attached hydrogen (secondary N) is 2. The molecule has 0 saturated carbocycles. The van der Waals surface area contributed by atoms with Gasteiger partial charge in [-0.25, -0.2) is 0 Å². The number of nitrogens with zero attached hydrogens (tertiary/aromatic N) is 1. The van der Waals surface area contributed by atoms with Crippen molar-refractivity contribution >= 4 is 23.1 Å². The Morgan fingerprint density at radius 1 is 0.875 bits per heavy atom. The lowest BCUT2D eigenvalue weighted by molar-refractivity contribution is -0.914. The van der Waals surface area contributed by atoms with Gasteiger partial charge < -0.3 is 15.1 Å². The average Bonchev–Trinajstić information content (AvgIpc) is 2.84. The Hall–Kier alpha value is -3.44. The van der Waals surface area contributed by atoms with E-state index < -0.39 is 0 Å². The van der Waals surface area contributed by atoms with Crippen molar-refractivity contribution in [1.29, 1.82) is 0 Å². The molecule has 2 N–H and O–H groups in total. The van der Waals surface area contributed by atoms with Crippen LogP contribution in [0.2, 0.25) is 0 Å². The molecule has 1 amide bonds. The number of rotatable bonds is 6. The van der Waals surface area contributed by atoms with Gasteiger partial charge in [0.2, 0.25) is 0 Å². The molecule has 5 heteroatoms. The largest absolute Gasteiger partial charge is 0.360 e. The minimum Gasteiger partial charge on any atom is -0.360 e. The molecule has 0 aromatic heterocycles. The number of quaternary nitrogens is 1. The number of piperazine rings is 1. The van der Waals surface area contributed by atoms with E-state index in [0.717, 1.165) is 54.2 Å². The van der Waals surface area contributed by atoms with Crippen LogP contribution in [-0.4, -0.2) is 43.9 Å². The fourth-order valence-electron chi connectivity index (χ4n) is 4.28. The third-order valence-corrected chi connectivity index (χ3v) is 6.32. The van der Waals surface area contributed by atoms with E-state index in [4.69, 9.17) is 0 Å². The fourth-order valence-corrected chi connectivity index (χ4v) is 4.28. The first-order valence-electron chi connectivity index (χ1n) is 11.2. The average molecular weight is 429 g/mol. The van der Waals surface area contributed by atoms with E-state index in [-0.39, 0.29) is 17.7 Å². The second kappa shape index (κ2) is 9.79. The highest BCUT2D eigenvalue weighted by molar-refractivity contribution is 5.97. The topological polar surface area (TPSA) is 53.9 Å². The molecule has 3 aromatic carbocycles. The van der Waals surface area contributed by atoms with E-state index in [0.29, 0.717) is 0 Å². The summed E-state index contributed by atoms with van der Waals surface area (Å²) < 4.78 is 0. The van der Waals surface area contributed by atoms with Gasteiger partial charge in [0.25, 0.3) is 5.91 Å². The van der Waals surface area contributed by atoms with Crippen molar-refractivity contribution in [3.8, 4) is 11.1 Å². The lowest BCUT2D eigenvalue weighted by Gasteiger charge is -2.36. The van der Waals surface area contributed by atoms with Crippen molar-refractivity contribution in [3.63, 3.8) is 0 Å². The fraction of sp³-hybridized carbons (Fsp3) is 0.259. The van der Waals surface area contributed by atoms with E-state index in [9.17, 15) is 9.59 Å². The second-order valence-corrected chi connectivity index (χ2v) is 8.37. The maximum Gasteiger partial charge on any atom is 0.282 e. The smallest absolute Gasteiger partial charge is 0.282 e. The molecule has 4 rings (SSSR count).